The van der Waals surface area contributed by atoms with Crippen LogP contribution in [0.4, 0.5) is 13.2 Å². The highest BCUT2D eigenvalue weighted by molar-refractivity contribution is 6.21. The van der Waals surface area contributed by atoms with E-state index in [2.05, 4.69) is 14.8 Å². The Kier molecular flexibility index (Phi) is 6.01. The lowest BCUT2D eigenvalue weighted by Gasteiger charge is -2.13. The number of halogens is 3. The van der Waals surface area contributed by atoms with Crippen LogP contribution in [0, 0.1) is 0 Å². The van der Waals surface area contributed by atoms with Gasteiger partial charge in [0.05, 0.1) is 16.8 Å². The Morgan fingerprint density at radius 1 is 0.833 bits per heavy atom. The van der Waals surface area contributed by atoms with Crippen LogP contribution in [0.2, 0.25) is 0 Å². The minimum absolute atomic E-state index is 0.255. The van der Waals surface area contributed by atoms with Crippen LogP contribution in [0.1, 0.15) is 32.7 Å². The molecule has 7 nitrogen and oxygen atoms in total. The molecule has 0 radical (unpaired) electrons. The summed E-state index contributed by atoms with van der Waals surface area (Å²) < 4.78 is 42.3. The van der Waals surface area contributed by atoms with Crippen LogP contribution in [0.3, 0.4) is 0 Å². The quantitative estimate of drug-likeness (QED) is 0.337. The maximum Gasteiger partial charge on any atom is 0.573 e. The highest BCUT2D eigenvalue weighted by Crippen LogP contribution is 2.25. The molecule has 0 atom stereocenters. The van der Waals surface area contributed by atoms with Crippen molar-refractivity contribution in [3.8, 4) is 22.8 Å². The highest BCUT2D eigenvalue weighted by atomic mass is 19.4. The molecule has 182 valence electrons. The molecule has 0 fully saturated rings. The van der Waals surface area contributed by atoms with Crippen LogP contribution in [0.25, 0.3) is 17.1 Å². The van der Waals surface area contributed by atoms with Crippen molar-refractivity contribution in [1.29, 1.82) is 0 Å². The number of amides is 2. The van der Waals surface area contributed by atoms with E-state index in [4.69, 9.17) is 0 Å². The lowest BCUT2D eigenvalue weighted by atomic mass is 10.1. The molecule has 2 heterocycles. The molecule has 4 aromatic rings. The number of benzene rings is 3. The zero-order valence-corrected chi connectivity index (χ0v) is 18.8. The van der Waals surface area contributed by atoms with E-state index < -0.39 is 6.36 Å². The van der Waals surface area contributed by atoms with Gasteiger partial charge in [0, 0.05) is 12.1 Å². The Bertz CT molecular complexity index is 1380. The number of hydrogen-bond acceptors (Lipinski definition) is 5. The Morgan fingerprint density at radius 2 is 1.47 bits per heavy atom. The van der Waals surface area contributed by atoms with Gasteiger partial charge < -0.3 is 4.74 Å². The number of ether oxygens (including phenoxy) is 1. The molecule has 0 saturated carbocycles. The molecule has 0 spiro atoms. The van der Waals surface area contributed by atoms with Gasteiger partial charge in [-0.15, -0.1) is 18.3 Å². The molecule has 0 unspecified atom stereocenters. The number of aryl methyl sites for hydroxylation is 1. The van der Waals surface area contributed by atoms with Crippen LogP contribution in [0.5, 0.6) is 5.75 Å². The molecule has 2 amide bonds. The van der Waals surface area contributed by atoms with Crippen LogP contribution in [-0.2, 0) is 6.42 Å². The van der Waals surface area contributed by atoms with E-state index in [1.807, 2.05) is 24.3 Å². The molecule has 3 aromatic carbocycles. The Labute approximate surface area is 203 Å². The number of imide groups is 1. The smallest absolute Gasteiger partial charge is 0.406 e. The summed E-state index contributed by atoms with van der Waals surface area (Å²) in [6, 6.07) is 19.8. The third-order valence-electron chi connectivity index (χ3n) is 5.76. The van der Waals surface area contributed by atoms with Crippen molar-refractivity contribution in [3.63, 3.8) is 0 Å². The predicted octanol–water partition coefficient (Wildman–Crippen LogP) is 5.06. The maximum atomic E-state index is 12.5. The zero-order valence-electron chi connectivity index (χ0n) is 18.8. The second-order valence-corrected chi connectivity index (χ2v) is 8.16. The third kappa shape index (κ3) is 4.83. The monoisotopic (exact) mass is 492 g/mol. The van der Waals surface area contributed by atoms with Gasteiger partial charge in [0.15, 0.2) is 5.82 Å². The Balaban J connectivity index is 1.18. The van der Waals surface area contributed by atoms with Gasteiger partial charge in [-0.2, -0.15) is 0 Å². The summed E-state index contributed by atoms with van der Waals surface area (Å²) in [4.78, 5) is 30.5. The fourth-order valence-electron chi connectivity index (χ4n) is 4.02. The minimum Gasteiger partial charge on any atom is -0.406 e. The van der Waals surface area contributed by atoms with Crippen LogP contribution in [-0.4, -0.2) is 44.4 Å². The maximum absolute atomic E-state index is 12.5. The normalized spacial score (nSPS) is 13.2. The first kappa shape index (κ1) is 23.3. The molecule has 1 aromatic heterocycles. The average Bonchev–Trinajstić information content (AvgIpc) is 3.44. The van der Waals surface area contributed by atoms with E-state index >= 15 is 0 Å². The lowest BCUT2D eigenvalue weighted by Crippen LogP contribution is -2.30. The number of carbonyl (C=O) groups is 2. The van der Waals surface area contributed by atoms with Gasteiger partial charge in [-0.3, -0.25) is 14.5 Å². The predicted molar refractivity (Wildman–Crippen MR) is 124 cm³/mol. The second-order valence-electron chi connectivity index (χ2n) is 8.16. The van der Waals surface area contributed by atoms with Crippen molar-refractivity contribution in [2.24, 2.45) is 0 Å². The second kappa shape index (κ2) is 9.29. The topological polar surface area (TPSA) is 77.3 Å². The number of rotatable bonds is 7. The Morgan fingerprint density at radius 3 is 2.08 bits per heavy atom. The van der Waals surface area contributed by atoms with Crippen molar-refractivity contribution in [3.05, 3.63) is 95.8 Å². The first-order chi connectivity index (χ1) is 17.3. The molecular formula is C26H19F3N4O3. The molecule has 1 aliphatic heterocycles. The third-order valence-corrected chi connectivity index (χ3v) is 5.76. The number of aromatic nitrogens is 3. The molecular weight excluding hydrogens is 473 g/mol. The van der Waals surface area contributed by atoms with Gasteiger partial charge >= 0.3 is 6.36 Å². The van der Waals surface area contributed by atoms with Crippen molar-refractivity contribution in [1.82, 2.24) is 19.7 Å². The van der Waals surface area contributed by atoms with Gasteiger partial charge in [-0.05, 0) is 54.8 Å². The minimum atomic E-state index is -4.75. The summed E-state index contributed by atoms with van der Waals surface area (Å²) in [5.41, 5.74) is 3.24. The molecule has 0 saturated heterocycles. The number of carbonyl (C=O) groups excluding carboxylic acids is 2. The summed E-state index contributed by atoms with van der Waals surface area (Å²) in [6.07, 6.45) is -1.96. The summed E-state index contributed by atoms with van der Waals surface area (Å²) in [6.45, 7) is 0.340. The van der Waals surface area contributed by atoms with E-state index in [-0.39, 0.29) is 17.6 Å². The van der Waals surface area contributed by atoms with E-state index in [0.29, 0.717) is 42.0 Å². The molecule has 0 aliphatic carbocycles. The number of hydrogen-bond donors (Lipinski definition) is 0. The van der Waals surface area contributed by atoms with E-state index in [1.54, 1.807) is 24.3 Å². The fraction of sp³-hybridized carbons (Fsp3) is 0.154. The molecule has 0 bridgehead atoms. The van der Waals surface area contributed by atoms with E-state index in [1.165, 1.54) is 40.2 Å². The number of alkyl halides is 3. The van der Waals surface area contributed by atoms with Gasteiger partial charge in [0.2, 0.25) is 0 Å². The first-order valence-corrected chi connectivity index (χ1v) is 11.1. The van der Waals surface area contributed by atoms with Gasteiger partial charge in [0.25, 0.3) is 11.8 Å². The Hall–Kier alpha value is -4.47. The number of nitrogens with zero attached hydrogens (tertiary/aromatic N) is 4. The van der Waals surface area contributed by atoms with E-state index in [9.17, 15) is 22.8 Å². The summed E-state index contributed by atoms with van der Waals surface area (Å²) in [7, 11) is 0. The van der Waals surface area contributed by atoms with Crippen molar-refractivity contribution in [2.45, 2.75) is 19.2 Å². The zero-order chi connectivity index (χ0) is 25.3. The average molecular weight is 492 g/mol. The van der Waals surface area contributed by atoms with Crippen molar-refractivity contribution < 1.29 is 27.5 Å². The van der Waals surface area contributed by atoms with Crippen LogP contribution in [0.15, 0.2) is 79.1 Å². The van der Waals surface area contributed by atoms with Gasteiger partial charge in [-0.25, -0.2) is 9.67 Å². The fourth-order valence-corrected chi connectivity index (χ4v) is 4.02. The lowest BCUT2D eigenvalue weighted by molar-refractivity contribution is -0.274. The van der Waals surface area contributed by atoms with Gasteiger partial charge in [0.1, 0.15) is 12.1 Å². The standard InChI is InChI=1S/C26H19F3N4O3/c27-26(28,29)36-20-13-11-19(12-14-20)33-16-30-23(31-33)18-9-7-17(8-10-18)4-3-15-32-24(34)21-5-1-2-6-22(21)25(32)35/h1-2,5-14,16H,3-4,15H2. The molecule has 10 heteroatoms. The van der Waals surface area contributed by atoms with Crippen molar-refractivity contribution >= 4 is 11.8 Å². The van der Waals surface area contributed by atoms with Crippen LogP contribution < -0.4 is 4.74 Å². The molecule has 0 N–H and O–H groups in total. The highest BCUT2D eigenvalue weighted by Gasteiger charge is 2.34. The molecule has 5 rings (SSSR count). The van der Waals surface area contributed by atoms with Crippen LogP contribution >= 0.6 is 0 Å². The summed E-state index contributed by atoms with van der Waals surface area (Å²) in [5.74, 6) is -0.362. The van der Waals surface area contributed by atoms with Crippen molar-refractivity contribution in [2.75, 3.05) is 6.54 Å². The molecule has 36 heavy (non-hydrogen) atoms. The SMILES string of the molecule is O=C1c2ccccc2C(=O)N1CCCc1ccc(-c2ncn(-c3ccc(OC(F)(F)F)cc3)n2)cc1. The summed E-state index contributed by atoms with van der Waals surface area (Å²) >= 11 is 0. The van der Waals surface area contributed by atoms with Gasteiger partial charge in [-0.1, -0.05) is 36.4 Å². The summed E-state index contributed by atoms with van der Waals surface area (Å²) in [5, 5.41) is 4.40. The largest absolute Gasteiger partial charge is 0.573 e. The first-order valence-electron chi connectivity index (χ1n) is 11.1. The molecule has 1 aliphatic rings. The number of fused-ring (bicyclic) bond motifs is 1. The van der Waals surface area contributed by atoms with E-state index in [0.717, 1.165) is 11.1 Å².